The molecule has 0 unspecified atom stereocenters. The first-order valence-corrected chi connectivity index (χ1v) is 5.61. The van der Waals surface area contributed by atoms with Gasteiger partial charge in [0.05, 0.1) is 17.7 Å². The van der Waals surface area contributed by atoms with E-state index in [9.17, 15) is 22.7 Å². The summed E-state index contributed by atoms with van der Waals surface area (Å²) in [6.07, 6.45) is -4.21. The van der Waals surface area contributed by atoms with E-state index in [1.165, 1.54) is 6.07 Å². The van der Waals surface area contributed by atoms with Crippen LogP contribution in [-0.2, 0) is 6.18 Å². The maximum absolute atomic E-state index is 13.8. The Bertz CT molecular complexity index is 442. The molecule has 6 heteroatoms. The molecule has 1 fully saturated rings. The van der Waals surface area contributed by atoms with Gasteiger partial charge in [0.2, 0.25) is 0 Å². The van der Waals surface area contributed by atoms with Crippen molar-refractivity contribution in [3.63, 3.8) is 0 Å². The summed E-state index contributed by atoms with van der Waals surface area (Å²) in [6, 6.07) is 1.82. The van der Waals surface area contributed by atoms with E-state index in [4.69, 9.17) is 5.73 Å². The Hall–Kier alpha value is -1.14. The van der Waals surface area contributed by atoms with E-state index in [1.807, 2.05) is 0 Å². The number of hydrogen-bond donors (Lipinski definition) is 2. The maximum atomic E-state index is 13.8. The molecule has 0 aliphatic heterocycles. The number of nitrogens with two attached hydrogens (primary N) is 1. The van der Waals surface area contributed by atoms with Crippen LogP contribution in [0.5, 0.6) is 0 Å². The molecule has 0 spiro atoms. The Kier molecular flexibility index (Phi) is 3.33. The molecule has 0 amide bonds. The Morgan fingerprint density at radius 3 is 2.39 bits per heavy atom. The van der Waals surface area contributed by atoms with Crippen LogP contribution in [0.3, 0.4) is 0 Å². The van der Waals surface area contributed by atoms with Crippen molar-refractivity contribution in [2.24, 2.45) is 11.7 Å². The van der Waals surface area contributed by atoms with Gasteiger partial charge in [0.25, 0.3) is 0 Å². The van der Waals surface area contributed by atoms with Crippen molar-refractivity contribution in [2.75, 3.05) is 0 Å². The number of benzene rings is 1. The highest BCUT2D eigenvalue weighted by atomic mass is 19.4. The van der Waals surface area contributed by atoms with Gasteiger partial charge in [0, 0.05) is 5.56 Å². The smallest absolute Gasteiger partial charge is 0.391 e. The third-order valence-corrected chi connectivity index (χ3v) is 3.17. The summed E-state index contributed by atoms with van der Waals surface area (Å²) in [5.41, 5.74) is 4.00. The summed E-state index contributed by atoms with van der Waals surface area (Å²) >= 11 is 0. The molecule has 1 aliphatic rings. The third-order valence-electron chi connectivity index (χ3n) is 3.17. The summed E-state index contributed by atoms with van der Waals surface area (Å²) in [4.78, 5) is 0. The highest BCUT2D eigenvalue weighted by Crippen LogP contribution is 2.39. The van der Waals surface area contributed by atoms with E-state index < -0.39 is 29.7 Å². The van der Waals surface area contributed by atoms with Gasteiger partial charge in [-0.25, -0.2) is 4.39 Å². The zero-order valence-corrected chi connectivity index (χ0v) is 9.41. The van der Waals surface area contributed by atoms with Gasteiger partial charge in [-0.15, -0.1) is 0 Å². The number of rotatable bonds is 3. The number of aliphatic hydroxyl groups excluding tert-OH is 1. The fourth-order valence-corrected chi connectivity index (χ4v) is 1.94. The van der Waals surface area contributed by atoms with E-state index >= 15 is 0 Å². The first-order chi connectivity index (χ1) is 8.32. The van der Waals surface area contributed by atoms with Gasteiger partial charge >= 0.3 is 6.18 Å². The number of alkyl halides is 3. The van der Waals surface area contributed by atoms with Gasteiger partial charge in [-0.05, 0) is 24.8 Å². The average Bonchev–Trinajstić information content (AvgIpc) is 3.09. The normalized spacial score (nSPS) is 19.7. The summed E-state index contributed by atoms with van der Waals surface area (Å²) in [7, 11) is 0. The molecule has 0 radical (unpaired) electrons. The highest BCUT2D eigenvalue weighted by molar-refractivity contribution is 5.31. The monoisotopic (exact) mass is 263 g/mol. The lowest BCUT2D eigenvalue weighted by atomic mass is 9.96. The van der Waals surface area contributed by atoms with E-state index in [1.54, 1.807) is 0 Å². The molecule has 2 rings (SSSR count). The van der Waals surface area contributed by atoms with Crippen LogP contribution in [0.4, 0.5) is 17.6 Å². The van der Waals surface area contributed by atoms with Gasteiger partial charge < -0.3 is 10.8 Å². The Labute approximate surface area is 101 Å². The lowest BCUT2D eigenvalue weighted by molar-refractivity contribution is -0.140. The molecule has 1 aromatic carbocycles. The summed E-state index contributed by atoms with van der Waals surface area (Å²) < 4.78 is 51.3. The minimum absolute atomic E-state index is 0.0334. The molecular formula is C12H13F4NO. The zero-order valence-electron chi connectivity index (χ0n) is 9.41. The van der Waals surface area contributed by atoms with Crippen molar-refractivity contribution in [1.29, 1.82) is 0 Å². The minimum atomic E-state index is -4.76. The Morgan fingerprint density at radius 1 is 1.28 bits per heavy atom. The second-order valence-corrected chi connectivity index (χ2v) is 4.56. The largest absolute Gasteiger partial charge is 0.419 e. The van der Waals surface area contributed by atoms with Gasteiger partial charge in [-0.1, -0.05) is 12.1 Å². The maximum Gasteiger partial charge on any atom is 0.419 e. The predicted molar refractivity (Wildman–Crippen MR) is 57.1 cm³/mol. The van der Waals surface area contributed by atoms with E-state index in [0.717, 1.165) is 18.9 Å². The topological polar surface area (TPSA) is 46.2 Å². The van der Waals surface area contributed by atoms with E-state index in [-0.39, 0.29) is 11.5 Å². The summed E-state index contributed by atoms with van der Waals surface area (Å²) in [6.45, 7) is 0. The standard InChI is InChI=1S/C12H13F4NO/c13-9-7(10(17)11(18)6-4-5-6)2-1-3-8(9)12(14,15)16/h1-3,6,10-11,18H,4-5,17H2/t10-,11+/m0/s1. The van der Waals surface area contributed by atoms with Crippen molar-refractivity contribution in [1.82, 2.24) is 0 Å². The fourth-order valence-electron chi connectivity index (χ4n) is 1.94. The SMILES string of the molecule is N[C@@H](c1cccc(C(F)(F)F)c1F)[C@H](O)C1CC1. The Morgan fingerprint density at radius 2 is 1.89 bits per heavy atom. The summed E-state index contributed by atoms with van der Waals surface area (Å²) in [5, 5.41) is 9.76. The van der Waals surface area contributed by atoms with Crippen molar-refractivity contribution in [3.05, 3.63) is 35.1 Å². The van der Waals surface area contributed by atoms with Crippen LogP contribution in [0.25, 0.3) is 0 Å². The lowest BCUT2D eigenvalue weighted by Gasteiger charge is -2.20. The van der Waals surface area contributed by atoms with Crippen LogP contribution in [0, 0.1) is 11.7 Å². The van der Waals surface area contributed by atoms with E-state index in [2.05, 4.69) is 0 Å². The van der Waals surface area contributed by atoms with Gasteiger partial charge in [-0.3, -0.25) is 0 Å². The number of halogens is 4. The number of hydrogen-bond acceptors (Lipinski definition) is 2. The number of aliphatic hydroxyl groups is 1. The van der Waals surface area contributed by atoms with Crippen LogP contribution in [0.2, 0.25) is 0 Å². The van der Waals surface area contributed by atoms with Gasteiger partial charge in [0.1, 0.15) is 5.82 Å². The van der Waals surface area contributed by atoms with Gasteiger partial charge in [-0.2, -0.15) is 13.2 Å². The molecule has 2 nitrogen and oxygen atoms in total. The molecule has 1 saturated carbocycles. The molecular weight excluding hydrogens is 250 g/mol. The van der Waals surface area contributed by atoms with E-state index in [0.29, 0.717) is 6.07 Å². The molecule has 0 heterocycles. The molecule has 1 aromatic rings. The quantitative estimate of drug-likeness (QED) is 0.823. The van der Waals surface area contributed by atoms with Crippen molar-refractivity contribution < 1.29 is 22.7 Å². The molecule has 1 aliphatic carbocycles. The van der Waals surface area contributed by atoms with Crippen LogP contribution in [0.1, 0.15) is 30.0 Å². The third kappa shape index (κ3) is 2.49. The Balaban J connectivity index is 2.33. The molecule has 3 N–H and O–H groups in total. The lowest BCUT2D eigenvalue weighted by Crippen LogP contribution is -2.29. The molecule has 0 aromatic heterocycles. The molecule has 2 atom stereocenters. The fraction of sp³-hybridized carbons (Fsp3) is 0.500. The molecule has 100 valence electrons. The van der Waals surface area contributed by atoms with Crippen LogP contribution >= 0.6 is 0 Å². The predicted octanol–water partition coefficient (Wildman–Crippen LogP) is 2.62. The molecule has 18 heavy (non-hydrogen) atoms. The van der Waals surface area contributed by atoms with Crippen LogP contribution < -0.4 is 5.73 Å². The zero-order chi connectivity index (χ0) is 13.5. The first kappa shape index (κ1) is 13.3. The highest BCUT2D eigenvalue weighted by Gasteiger charge is 2.39. The van der Waals surface area contributed by atoms with Crippen LogP contribution in [-0.4, -0.2) is 11.2 Å². The second kappa shape index (κ2) is 4.51. The second-order valence-electron chi connectivity index (χ2n) is 4.56. The van der Waals surface area contributed by atoms with Crippen molar-refractivity contribution >= 4 is 0 Å². The average molecular weight is 263 g/mol. The van der Waals surface area contributed by atoms with Crippen molar-refractivity contribution in [2.45, 2.75) is 31.2 Å². The van der Waals surface area contributed by atoms with Crippen LogP contribution in [0.15, 0.2) is 18.2 Å². The summed E-state index contributed by atoms with van der Waals surface area (Å²) in [5.74, 6) is -1.42. The van der Waals surface area contributed by atoms with Gasteiger partial charge in [0.15, 0.2) is 0 Å². The van der Waals surface area contributed by atoms with Crippen molar-refractivity contribution in [3.8, 4) is 0 Å². The molecule has 0 bridgehead atoms. The molecule has 0 saturated heterocycles. The minimum Gasteiger partial charge on any atom is -0.391 e. The first-order valence-electron chi connectivity index (χ1n) is 5.61.